The van der Waals surface area contributed by atoms with Gasteiger partial charge in [-0.1, -0.05) is 35.3 Å². The third-order valence-electron chi connectivity index (χ3n) is 3.23. The molecule has 2 aromatic carbocycles. The van der Waals surface area contributed by atoms with Crippen molar-refractivity contribution in [3.63, 3.8) is 0 Å². The van der Waals surface area contributed by atoms with E-state index in [0.29, 0.717) is 11.6 Å². The molecule has 2 nitrogen and oxygen atoms in total. The topological polar surface area (TPSA) is 14.2 Å². The summed E-state index contributed by atoms with van der Waals surface area (Å²) in [5, 5.41) is 2.45. The minimum absolute atomic E-state index is 0.460. The Hall–Kier alpha value is -1.64. The van der Waals surface area contributed by atoms with Crippen LogP contribution >= 0.6 is 23.2 Å². The Labute approximate surface area is 127 Å². The van der Waals surface area contributed by atoms with Gasteiger partial charge in [-0.3, -0.25) is 0 Å². The highest BCUT2D eigenvalue weighted by Crippen LogP contribution is 2.29. The van der Waals surface area contributed by atoms with Gasteiger partial charge in [-0.2, -0.15) is 0 Å². The van der Waals surface area contributed by atoms with Crippen molar-refractivity contribution in [2.75, 3.05) is 0 Å². The summed E-state index contributed by atoms with van der Waals surface area (Å²) in [6, 6.07) is 13.3. The van der Waals surface area contributed by atoms with Crippen molar-refractivity contribution in [2.45, 2.75) is 6.61 Å². The first-order chi connectivity index (χ1) is 9.65. The van der Waals surface area contributed by atoms with E-state index in [-0.39, 0.29) is 0 Å². The molecule has 1 heterocycles. The van der Waals surface area contributed by atoms with E-state index >= 15 is 0 Å². The van der Waals surface area contributed by atoms with Gasteiger partial charge in [0.2, 0.25) is 0 Å². The summed E-state index contributed by atoms with van der Waals surface area (Å²) in [6.45, 7) is 0.460. The molecule has 102 valence electrons. The summed E-state index contributed by atoms with van der Waals surface area (Å²) >= 11 is 12.2. The number of hydrogen-bond donors (Lipinski definition) is 0. The fraction of sp³-hybridized carbons (Fsp3) is 0.125. The highest BCUT2D eigenvalue weighted by atomic mass is 35.5. The van der Waals surface area contributed by atoms with E-state index in [9.17, 15) is 0 Å². The van der Waals surface area contributed by atoms with Crippen molar-refractivity contribution >= 4 is 34.1 Å². The van der Waals surface area contributed by atoms with Crippen LogP contribution in [0.1, 0.15) is 5.56 Å². The molecule has 4 heteroatoms. The van der Waals surface area contributed by atoms with Crippen LogP contribution in [0.2, 0.25) is 10.0 Å². The summed E-state index contributed by atoms with van der Waals surface area (Å²) in [5.41, 5.74) is 2.16. The fourth-order valence-electron chi connectivity index (χ4n) is 2.32. The van der Waals surface area contributed by atoms with Gasteiger partial charge >= 0.3 is 0 Å². The number of fused-ring (bicyclic) bond motifs is 1. The number of aromatic nitrogens is 1. The number of rotatable bonds is 3. The predicted octanol–water partition coefficient (Wildman–Crippen LogP) is 5.06. The lowest BCUT2D eigenvalue weighted by Crippen LogP contribution is -1.94. The van der Waals surface area contributed by atoms with E-state index in [1.54, 1.807) is 6.07 Å². The van der Waals surface area contributed by atoms with Crippen LogP contribution in [0.3, 0.4) is 0 Å². The number of halogens is 2. The zero-order valence-corrected chi connectivity index (χ0v) is 12.4. The van der Waals surface area contributed by atoms with Gasteiger partial charge in [0, 0.05) is 34.7 Å². The maximum Gasteiger partial charge on any atom is 0.121 e. The standard InChI is InChI=1S/C16H13Cl2NO/c1-19-9-11(16-14(18)6-3-7-15(16)19)10-20-13-5-2-4-12(17)8-13/h2-9H,10H2,1H3. The van der Waals surface area contributed by atoms with Crippen molar-refractivity contribution in [1.29, 1.82) is 0 Å². The van der Waals surface area contributed by atoms with Crippen molar-refractivity contribution in [3.8, 4) is 5.75 Å². The molecule has 0 unspecified atom stereocenters. The fourth-order valence-corrected chi connectivity index (χ4v) is 2.79. The molecule has 0 spiro atoms. The SMILES string of the molecule is Cn1cc(COc2cccc(Cl)c2)c2c(Cl)cccc21. The second-order valence-corrected chi connectivity index (χ2v) is 5.49. The maximum atomic E-state index is 6.29. The highest BCUT2D eigenvalue weighted by Gasteiger charge is 2.10. The average molecular weight is 306 g/mol. The quantitative estimate of drug-likeness (QED) is 0.659. The molecule has 0 N–H and O–H groups in total. The molecule has 0 saturated heterocycles. The summed E-state index contributed by atoms with van der Waals surface area (Å²) < 4.78 is 7.85. The van der Waals surface area contributed by atoms with Gasteiger partial charge in [0.15, 0.2) is 0 Å². The second-order valence-electron chi connectivity index (χ2n) is 4.65. The Morgan fingerprint density at radius 1 is 1.10 bits per heavy atom. The zero-order chi connectivity index (χ0) is 14.1. The Bertz CT molecular complexity index is 764. The molecule has 3 aromatic rings. The Balaban J connectivity index is 1.92. The van der Waals surface area contributed by atoms with E-state index in [2.05, 4.69) is 4.57 Å². The first-order valence-electron chi connectivity index (χ1n) is 6.26. The lowest BCUT2D eigenvalue weighted by Gasteiger charge is -2.06. The van der Waals surface area contributed by atoms with Crippen molar-refractivity contribution in [1.82, 2.24) is 4.57 Å². The Kier molecular flexibility index (Phi) is 3.60. The van der Waals surface area contributed by atoms with Gasteiger partial charge in [0.25, 0.3) is 0 Å². The van der Waals surface area contributed by atoms with E-state index in [0.717, 1.165) is 27.2 Å². The molecule has 20 heavy (non-hydrogen) atoms. The number of nitrogens with zero attached hydrogens (tertiary/aromatic N) is 1. The summed E-state index contributed by atoms with van der Waals surface area (Å²) in [6.07, 6.45) is 2.04. The summed E-state index contributed by atoms with van der Waals surface area (Å²) in [7, 11) is 2.00. The van der Waals surface area contributed by atoms with Crippen LogP contribution in [0, 0.1) is 0 Å². The van der Waals surface area contributed by atoms with Gasteiger partial charge in [-0.25, -0.2) is 0 Å². The normalized spacial score (nSPS) is 10.9. The van der Waals surface area contributed by atoms with Crippen LogP contribution in [0.5, 0.6) is 5.75 Å². The molecule has 0 fully saturated rings. The molecular formula is C16H13Cl2NO. The Morgan fingerprint density at radius 2 is 1.90 bits per heavy atom. The largest absolute Gasteiger partial charge is 0.489 e. The minimum Gasteiger partial charge on any atom is -0.489 e. The summed E-state index contributed by atoms with van der Waals surface area (Å²) in [5.74, 6) is 0.751. The third-order valence-corrected chi connectivity index (χ3v) is 3.78. The molecule has 0 bridgehead atoms. The molecule has 0 radical (unpaired) electrons. The van der Waals surface area contributed by atoms with E-state index in [1.807, 2.05) is 49.6 Å². The zero-order valence-electron chi connectivity index (χ0n) is 10.9. The average Bonchev–Trinajstić information content (AvgIpc) is 2.75. The lowest BCUT2D eigenvalue weighted by molar-refractivity contribution is 0.307. The molecule has 0 aliphatic heterocycles. The van der Waals surface area contributed by atoms with Crippen molar-refractivity contribution in [2.24, 2.45) is 7.05 Å². The van der Waals surface area contributed by atoms with E-state index in [1.165, 1.54) is 0 Å². The smallest absolute Gasteiger partial charge is 0.121 e. The lowest BCUT2D eigenvalue weighted by atomic mass is 10.2. The number of benzene rings is 2. The molecule has 0 amide bonds. The first kappa shape index (κ1) is 13.3. The van der Waals surface area contributed by atoms with Gasteiger partial charge in [0.05, 0.1) is 5.02 Å². The Morgan fingerprint density at radius 3 is 2.70 bits per heavy atom. The number of ether oxygens (including phenoxy) is 1. The first-order valence-corrected chi connectivity index (χ1v) is 7.01. The van der Waals surface area contributed by atoms with Gasteiger partial charge in [-0.05, 0) is 30.3 Å². The van der Waals surface area contributed by atoms with Crippen molar-refractivity contribution in [3.05, 3.63) is 64.3 Å². The second kappa shape index (κ2) is 5.39. The molecule has 3 rings (SSSR count). The number of hydrogen-bond acceptors (Lipinski definition) is 1. The van der Waals surface area contributed by atoms with Crippen LogP contribution in [0.25, 0.3) is 10.9 Å². The van der Waals surface area contributed by atoms with Gasteiger partial charge < -0.3 is 9.30 Å². The monoisotopic (exact) mass is 305 g/mol. The van der Waals surface area contributed by atoms with E-state index < -0.39 is 0 Å². The highest BCUT2D eigenvalue weighted by molar-refractivity contribution is 6.35. The van der Waals surface area contributed by atoms with Gasteiger partial charge in [0.1, 0.15) is 12.4 Å². The molecule has 0 aliphatic rings. The molecule has 0 saturated carbocycles. The molecule has 0 aliphatic carbocycles. The maximum absolute atomic E-state index is 6.29. The van der Waals surface area contributed by atoms with Gasteiger partial charge in [-0.15, -0.1) is 0 Å². The van der Waals surface area contributed by atoms with Crippen LogP contribution in [0.15, 0.2) is 48.7 Å². The molecule has 0 atom stereocenters. The van der Waals surface area contributed by atoms with Crippen LogP contribution < -0.4 is 4.74 Å². The minimum atomic E-state index is 0.460. The number of aryl methyl sites for hydroxylation is 1. The van der Waals surface area contributed by atoms with E-state index in [4.69, 9.17) is 27.9 Å². The molecule has 1 aromatic heterocycles. The van der Waals surface area contributed by atoms with Crippen molar-refractivity contribution < 1.29 is 4.74 Å². The summed E-state index contributed by atoms with van der Waals surface area (Å²) in [4.78, 5) is 0. The molecular weight excluding hydrogens is 293 g/mol. The van der Waals surface area contributed by atoms with Crippen LogP contribution in [-0.2, 0) is 13.7 Å². The van der Waals surface area contributed by atoms with Crippen LogP contribution in [-0.4, -0.2) is 4.57 Å². The van der Waals surface area contributed by atoms with Crippen LogP contribution in [0.4, 0.5) is 0 Å². The predicted molar refractivity (Wildman–Crippen MR) is 83.7 cm³/mol. The third kappa shape index (κ3) is 2.49.